The molecule has 3 aromatic rings. The zero-order valence-electron chi connectivity index (χ0n) is 16.0. The fourth-order valence-corrected chi connectivity index (χ4v) is 3.51. The van der Waals surface area contributed by atoms with Crippen LogP contribution in [0.15, 0.2) is 65.9 Å². The summed E-state index contributed by atoms with van der Waals surface area (Å²) in [5.41, 5.74) is 3.04. The molecular formula is C21H25N3OSi. The Labute approximate surface area is 156 Å². The molecule has 26 heavy (non-hydrogen) atoms. The minimum absolute atomic E-state index is 0.838. The lowest BCUT2D eigenvalue weighted by atomic mass is 10.2. The fourth-order valence-electron chi connectivity index (χ4n) is 2.69. The first-order chi connectivity index (χ1) is 12.3. The summed E-state index contributed by atoms with van der Waals surface area (Å²) in [5.74, 6) is 2.58. The predicted molar refractivity (Wildman–Crippen MR) is 110 cm³/mol. The monoisotopic (exact) mass is 363 g/mol. The molecule has 0 aliphatic carbocycles. The molecule has 0 atom stereocenters. The number of hydrogen-bond acceptors (Lipinski definition) is 3. The van der Waals surface area contributed by atoms with Gasteiger partial charge in [-0.05, 0) is 51.2 Å². The van der Waals surface area contributed by atoms with Crippen molar-refractivity contribution >= 4 is 19.8 Å². The molecule has 5 heteroatoms. The second kappa shape index (κ2) is 7.29. The van der Waals surface area contributed by atoms with Gasteiger partial charge in [0.05, 0.1) is 0 Å². The molecule has 0 unspecified atom stereocenters. The van der Waals surface area contributed by atoms with Crippen molar-refractivity contribution in [1.82, 2.24) is 9.55 Å². The van der Waals surface area contributed by atoms with E-state index in [1.54, 1.807) is 6.20 Å². The van der Waals surface area contributed by atoms with Gasteiger partial charge in [0, 0.05) is 18.0 Å². The second-order valence-corrected chi connectivity index (χ2v) is 11.8. The Morgan fingerprint density at radius 3 is 2.38 bits per heavy atom. The maximum atomic E-state index is 6.30. The number of aromatic nitrogens is 2. The van der Waals surface area contributed by atoms with Gasteiger partial charge in [0.15, 0.2) is 0 Å². The van der Waals surface area contributed by atoms with Crippen molar-refractivity contribution in [3.8, 4) is 5.75 Å². The Bertz CT molecular complexity index is 924. The van der Waals surface area contributed by atoms with Crippen LogP contribution in [0.4, 0.5) is 5.69 Å². The summed E-state index contributed by atoms with van der Waals surface area (Å²) < 4.78 is 8.31. The highest BCUT2D eigenvalue weighted by Crippen LogP contribution is 2.31. The number of rotatable bonds is 4. The summed E-state index contributed by atoms with van der Waals surface area (Å²) in [7, 11) is -1.75. The van der Waals surface area contributed by atoms with Gasteiger partial charge in [-0.2, -0.15) is 0 Å². The lowest BCUT2D eigenvalue weighted by Crippen LogP contribution is -2.29. The first-order valence-electron chi connectivity index (χ1n) is 8.77. The molecule has 0 saturated carbocycles. The van der Waals surface area contributed by atoms with Gasteiger partial charge in [0.1, 0.15) is 23.1 Å². The van der Waals surface area contributed by atoms with E-state index < -0.39 is 8.32 Å². The predicted octanol–water partition coefficient (Wildman–Crippen LogP) is 5.34. The van der Waals surface area contributed by atoms with Crippen LogP contribution in [0.2, 0.25) is 19.6 Å². The van der Waals surface area contributed by atoms with Gasteiger partial charge in [-0.15, -0.1) is 0 Å². The largest absolute Gasteiger partial charge is 0.543 e. The topological polar surface area (TPSA) is 39.4 Å². The maximum absolute atomic E-state index is 6.30. The average Bonchev–Trinajstić information content (AvgIpc) is 2.99. The van der Waals surface area contributed by atoms with E-state index in [4.69, 9.17) is 9.42 Å². The number of hydrogen-bond donors (Lipinski definition) is 0. The Kier molecular flexibility index (Phi) is 5.09. The van der Waals surface area contributed by atoms with E-state index in [0.29, 0.717) is 0 Å². The Balaban J connectivity index is 2.17. The number of benzene rings is 2. The summed E-state index contributed by atoms with van der Waals surface area (Å²) in [6.07, 6.45) is 3.73. The lowest BCUT2D eigenvalue weighted by molar-refractivity contribution is 0.558. The quantitative estimate of drug-likeness (QED) is 0.356. The average molecular weight is 364 g/mol. The van der Waals surface area contributed by atoms with Crippen molar-refractivity contribution in [3.05, 3.63) is 77.9 Å². The summed E-state index contributed by atoms with van der Waals surface area (Å²) in [6, 6.07) is 16.3. The highest BCUT2D eigenvalue weighted by atomic mass is 28.4. The molecule has 134 valence electrons. The number of nitrogens with zero attached hydrogens (tertiary/aromatic N) is 3. The highest BCUT2D eigenvalue weighted by Gasteiger charge is 2.19. The smallest absolute Gasteiger partial charge is 0.242 e. The Hall–Kier alpha value is -2.66. The third-order valence-corrected chi connectivity index (χ3v) is 4.68. The lowest BCUT2D eigenvalue weighted by Gasteiger charge is -2.21. The summed E-state index contributed by atoms with van der Waals surface area (Å²) in [4.78, 5) is 9.35. The molecule has 1 aromatic heterocycles. The molecule has 0 aliphatic heterocycles. The van der Waals surface area contributed by atoms with Crippen molar-refractivity contribution in [2.24, 2.45) is 4.99 Å². The van der Waals surface area contributed by atoms with Crippen LogP contribution in [-0.2, 0) is 0 Å². The van der Waals surface area contributed by atoms with Gasteiger partial charge in [-0.1, -0.05) is 36.4 Å². The van der Waals surface area contributed by atoms with Crippen molar-refractivity contribution in [2.75, 3.05) is 0 Å². The van der Waals surface area contributed by atoms with Crippen LogP contribution in [-0.4, -0.2) is 23.7 Å². The van der Waals surface area contributed by atoms with Gasteiger partial charge < -0.3 is 4.43 Å². The van der Waals surface area contributed by atoms with E-state index in [0.717, 1.165) is 34.2 Å². The number of imidazole rings is 1. The molecule has 2 aromatic carbocycles. The van der Waals surface area contributed by atoms with E-state index in [9.17, 15) is 0 Å². The zero-order chi connectivity index (χ0) is 18.7. The van der Waals surface area contributed by atoms with E-state index in [1.165, 1.54) is 0 Å². The first-order valence-corrected chi connectivity index (χ1v) is 12.2. The zero-order valence-corrected chi connectivity index (χ0v) is 17.0. The minimum Gasteiger partial charge on any atom is -0.543 e. The molecule has 0 aliphatic rings. The van der Waals surface area contributed by atoms with Crippen LogP contribution in [0, 0.1) is 13.8 Å². The van der Waals surface area contributed by atoms with Gasteiger partial charge in [0.25, 0.3) is 0 Å². The summed E-state index contributed by atoms with van der Waals surface area (Å²) in [5, 5.41) is 0. The molecule has 0 fully saturated rings. The van der Waals surface area contributed by atoms with Crippen LogP contribution >= 0.6 is 0 Å². The molecule has 3 rings (SSSR count). The van der Waals surface area contributed by atoms with Gasteiger partial charge >= 0.3 is 0 Å². The summed E-state index contributed by atoms with van der Waals surface area (Å²) in [6.45, 7) is 10.6. The highest BCUT2D eigenvalue weighted by molar-refractivity contribution is 6.70. The molecule has 0 saturated heterocycles. The summed E-state index contributed by atoms with van der Waals surface area (Å²) >= 11 is 0. The van der Waals surface area contributed by atoms with E-state index in [1.807, 2.05) is 42.0 Å². The van der Waals surface area contributed by atoms with Crippen LogP contribution in [0.5, 0.6) is 5.75 Å². The Morgan fingerprint density at radius 1 is 1.04 bits per heavy atom. The molecule has 0 amide bonds. The molecule has 1 heterocycles. The van der Waals surface area contributed by atoms with E-state index in [-0.39, 0.29) is 0 Å². The third kappa shape index (κ3) is 4.29. The maximum Gasteiger partial charge on any atom is 0.242 e. The van der Waals surface area contributed by atoms with Gasteiger partial charge in [0.2, 0.25) is 8.32 Å². The molecule has 0 bridgehead atoms. The first kappa shape index (κ1) is 18.1. The SMILES string of the molecule is Cc1ccc(N=C(c2ccccc2)n2ccnc2C)c(O[Si](C)(C)C)c1. The van der Waals surface area contributed by atoms with Crippen molar-refractivity contribution < 1.29 is 4.43 Å². The van der Waals surface area contributed by atoms with E-state index in [2.05, 4.69) is 55.8 Å². The Morgan fingerprint density at radius 2 is 1.77 bits per heavy atom. The van der Waals surface area contributed by atoms with Crippen LogP contribution in [0.3, 0.4) is 0 Å². The second-order valence-electron chi connectivity index (χ2n) is 7.33. The van der Waals surface area contributed by atoms with Crippen LogP contribution < -0.4 is 4.43 Å². The van der Waals surface area contributed by atoms with Crippen molar-refractivity contribution in [2.45, 2.75) is 33.5 Å². The van der Waals surface area contributed by atoms with Gasteiger partial charge in [-0.3, -0.25) is 4.57 Å². The van der Waals surface area contributed by atoms with Crippen molar-refractivity contribution in [1.29, 1.82) is 0 Å². The normalized spacial score (nSPS) is 12.3. The molecule has 0 N–H and O–H groups in total. The van der Waals surface area contributed by atoms with Gasteiger partial charge in [-0.25, -0.2) is 9.98 Å². The fraction of sp³-hybridized carbons (Fsp3) is 0.238. The minimum atomic E-state index is -1.75. The molecule has 4 nitrogen and oxygen atoms in total. The number of aryl methyl sites for hydroxylation is 2. The van der Waals surface area contributed by atoms with E-state index >= 15 is 0 Å². The molecule has 0 spiro atoms. The third-order valence-electron chi connectivity index (χ3n) is 3.84. The van der Waals surface area contributed by atoms with Crippen LogP contribution in [0.25, 0.3) is 0 Å². The number of aliphatic imine (C=N–C) groups is 1. The standard InChI is InChI=1S/C21H25N3OSi/c1-16-11-12-19(20(15-16)25-26(3,4)5)23-21(18-9-7-6-8-10-18)24-14-13-22-17(24)2/h6-15H,1-5H3. The van der Waals surface area contributed by atoms with Crippen molar-refractivity contribution in [3.63, 3.8) is 0 Å². The molecular weight excluding hydrogens is 338 g/mol. The van der Waals surface area contributed by atoms with Crippen LogP contribution in [0.1, 0.15) is 17.0 Å². The molecule has 0 radical (unpaired) electrons.